The molecule has 124 valence electrons. The van der Waals surface area contributed by atoms with Crippen molar-refractivity contribution >= 4 is 21.8 Å². The van der Waals surface area contributed by atoms with E-state index in [1.807, 2.05) is 4.90 Å². The summed E-state index contributed by atoms with van der Waals surface area (Å²) in [5.41, 5.74) is 0.598. The average Bonchev–Trinajstić information content (AvgIpc) is 2.83. The van der Waals surface area contributed by atoms with Gasteiger partial charge in [0.15, 0.2) is 0 Å². The smallest absolute Gasteiger partial charge is 0.263 e. The maximum absolute atomic E-state index is 12.0. The Balaban J connectivity index is 1.56. The summed E-state index contributed by atoms with van der Waals surface area (Å²) >= 11 is 0. The highest BCUT2D eigenvalue weighted by molar-refractivity contribution is 7.90. The summed E-state index contributed by atoms with van der Waals surface area (Å²) in [7, 11) is -3.49. The van der Waals surface area contributed by atoms with Gasteiger partial charge in [-0.3, -0.25) is 14.5 Å². The number of carbonyl (C=O) groups excluding carboxylic acids is 1. The fourth-order valence-corrected chi connectivity index (χ4v) is 4.00. The van der Waals surface area contributed by atoms with Crippen molar-refractivity contribution in [3.8, 4) is 0 Å². The highest BCUT2D eigenvalue weighted by Gasteiger charge is 2.29. The number of aliphatic imine (C=N–C) groups is 1. The number of hydrogen-bond donors (Lipinski definition) is 2. The zero-order chi connectivity index (χ0) is 16.3. The first-order valence-corrected chi connectivity index (χ1v) is 9.21. The third-order valence-corrected chi connectivity index (χ3v) is 5.35. The number of benzene rings is 1. The van der Waals surface area contributed by atoms with Crippen molar-refractivity contribution in [2.75, 3.05) is 32.7 Å². The number of fused-ring (bicyclic) bond motifs is 1. The molecule has 2 N–H and O–H groups in total. The second kappa shape index (κ2) is 6.67. The molecule has 2 heterocycles. The van der Waals surface area contributed by atoms with Gasteiger partial charge in [0, 0.05) is 44.7 Å². The molecule has 0 radical (unpaired) electrons. The van der Waals surface area contributed by atoms with E-state index >= 15 is 0 Å². The van der Waals surface area contributed by atoms with E-state index in [2.05, 4.69) is 15.0 Å². The van der Waals surface area contributed by atoms with E-state index in [0.29, 0.717) is 30.8 Å². The quantitative estimate of drug-likeness (QED) is 0.754. The van der Waals surface area contributed by atoms with Crippen LogP contribution in [0.4, 0.5) is 0 Å². The summed E-state index contributed by atoms with van der Waals surface area (Å²) in [6, 6.07) is 6.77. The largest absolute Gasteiger partial charge is 0.340 e. The number of rotatable bonds is 4. The minimum absolute atomic E-state index is 0.138. The first-order valence-electron chi connectivity index (χ1n) is 7.73. The third kappa shape index (κ3) is 3.53. The van der Waals surface area contributed by atoms with E-state index in [4.69, 9.17) is 0 Å². The molecule has 2 aliphatic heterocycles. The van der Waals surface area contributed by atoms with Gasteiger partial charge in [0.2, 0.25) is 5.91 Å². The number of amides is 1. The molecule has 7 nitrogen and oxygen atoms in total. The van der Waals surface area contributed by atoms with Crippen molar-refractivity contribution in [3.63, 3.8) is 0 Å². The second-order valence-corrected chi connectivity index (χ2v) is 7.22. The normalized spacial score (nSPS) is 21.0. The highest BCUT2D eigenvalue weighted by Crippen LogP contribution is 2.22. The van der Waals surface area contributed by atoms with Gasteiger partial charge in [-0.05, 0) is 18.6 Å². The average molecular weight is 336 g/mol. The first kappa shape index (κ1) is 15.9. The predicted molar refractivity (Wildman–Crippen MR) is 86.9 cm³/mol. The lowest BCUT2D eigenvalue weighted by Gasteiger charge is -2.27. The molecular formula is C15H20N4O3S. The Morgan fingerprint density at radius 3 is 2.74 bits per heavy atom. The summed E-state index contributed by atoms with van der Waals surface area (Å²) in [4.78, 5) is 18.5. The van der Waals surface area contributed by atoms with Crippen molar-refractivity contribution < 1.29 is 13.2 Å². The fraction of sp³-hybridized carbons (Fsp3) is 0.467. The summed E-state index contributed by atoms with van der Waals surface area (Å²) in [6.45, 7) is 3.60. The van der Waals surface area contributed by atoms with Crippen LogP contribution in [0.2, 0.25) is 0 Å². The van der Waals surface area contributed by atoms with Crippen LogP contribution in [0, 0.1) is 0 Å². The zero-order valence-corrected chi connectivity index (χ0v) is 13.6. The standard InChI is InChI=1S/C15H20N4O3S/c20-14(19-10-8-16-9-11-19)6-3-7-17-15-12-4-1-2-5-13(12)23(21,22)18-15/h1-2,4-5,16H,3,6-11H2,(H,17,18). The lowest BCUT2D eigenvalue weighted by molar-refractivity contribution is -0.131. The maximum atomic E-state index is 12.0. The van der Waals surface area contributed by atoms with Crippen molar-refractivity contribution in [1.29, 1.82) is 0 Å². The number of nitrogens with one attached hydrogen (secondary N) is 2. The number of sulfonamides is 1. The molecule has 1 saturated heterocycles. The zero-order valence-electron chi connectivity index (χ0n) is 12.8. The summed E-state index contributed by atoms with van der Waals surface area (Å²) in [6.07, 6.45) is 1.04. The molecule has 0 atom stereocenters. The van der Waals surface area contributed by atoms with E-state index < -0.39 is 10.0 Å². The molecule has 23 heavy (non-hydrogen) atoms. The van der Waals surface area contributed by atoms with Crippen LogP contribution in [0.25, 0.3) is 0 Å². The minimum Gasteiger partial charge on any atom is -0.340 e. The van der Waals surface area contributed by atoms with Crippen LogP contribution in [0.5, 0.6) is 0 Å². The third-order valence-electron chi connectivity index (χ3n) is 3.95. The Morgan fingerprint density at radius 1 is 1.22 bits per heavy atom. The molecule has 0 spiro atoms. The van der Waals surface area contributed by atoms with E-state index in [9.17, 15) is 13.2 Å². The molecule has 3 rings (SSSR count). The SMILES string of the molecule is O=C(CCCN=C1NS(=O)(=O)c2ccccc21)N1CCNCC1. The van der Waals surface area contributed by atoms with Crippen LogP contribution in [0.1, 0.15) is 18.4 Å². The Labute approximate surface area is 135 Å². The van der Waals surface area contributed by atoms with Crippen LogP contribution in [-0.4, -0.2) is 57.8 Å². The van der Waals surface area contributed by atoms with Crippen LogP contribution in [-0.2, 0) is 14.8 Å². The lowest BCUT2D eigenvalue weighted by atomic mass is 10.2. The van der Waals surface area contributed by atoms with Gasteiger partial charge in [0.25, 0.3) is 10.0 Å². The first-order chi connectivity index (χ1) is 11.1. The van der Waals surface area contributed by atoms with Crippen molar-refractivity contribution in [1.82, 2.24) is 14.9 Å². The highest BCUT2D eigenvalue weighted by atomic mass is 32.2. The topological polar surface area (TPSA) is 90.9 Å². The van der Waals surface area contributed by atoms with E-state index in [1.165, 1.54) is 0 Å². The van der Waals surface area contributed by atoms with E-state index in [0.717, 1.165) is 26.2 Å². The van der Waals surface area contributed by atoms with Gasteiger partial charge in [0.1, 0.15) is 5.84 Å². The fourth-order valence-electron chi connectivity index (χ4n) is 2.74. The van der Waals surface area contributed by atoms with Crippen molar-refractivity contribution in [2.24, 2.45) is 4.99 Å². The number of piperazine rings is 1. The van der Waals surface area contributed by atoms with Crippen LogP contribution < -0.4 is 10.0 Å². The Hall–Kier alpha value is -1.93. The summed E-state index contributed by atoms with van der Waals surface area (Å²) in [5, 5.41) is 3.21. The Kier molecular flexibility index (Phi) is 4.63. The molecule has 0 bridgehead atoms. The molecular weight excluding hydrogens is 316 g/mol. The summed E-state index contributed by atoms with van der Waals surface area (Å²) < 4.78 is 26.4. The van der Waals surface area contributed by atoms with Crippen LogP contribution in [0.15, 0.2) is 34.2 Å². The minimum atomic E-state index is -3.49. The Morgan fingerprint density at radius 2 is 1.96 bits per heavy atom. The van der Waals surface area contributed by atoms with Gasteiger partial charge in [0.05, 0.1) is 4.90 Å². The molecule has 8 heteroatoms. The van der Waals surface area contributed by atoms with Gasteiger partial charge in [-0.25, -0.2) is 8.42 Å². The Bertz CT molecular complexity index is 724. The number of nitrogens with zero attached hydrogens (tertiary/aromatic N) is 2. The van der Waals surface area contributed by atoms with Gasteiger partial charge >= 0.3 is 0 Å². The molecule has 1 aromatic carbocycles. The summed E-state index contributed by atoms with van der Waals surface area (Å²) in [5.74, 6) is 0.509. The molecule has 1 aromatic rings. The van der Waals surface area contributed by atoms with E-state index in [1.54, 1.807) is 24.3 Å². The molecule has 0 unspecified atom stereocenters. The van der Waals surface area contributed by atoms with Gasteiger partial charge in [-0.2, -0.15) is 0 Å². The van der Waals surface area contributed by atoms with Crippen LogP contribution in [0.3, 0.4) is 0 Å². The lowest BCUT2D eigenvalue weighted by Crippen LogP contribution is -2.46. The molecule has 0 aromatic heterocycles. The monoisotopic (exact) mass is 336 g/mol. The molecule has 1 amide bonds. The van der Waals surface area contributed by atoms with Gasteiger partial charge < -0.3 is 10.2 Å². The number of carbonyl (C=O) groups is 1. The second-order valence-electron chi connectivity index (χ2n) is 5.57. The van der Waals surface area contributed by atoms with Crippen molar-refractivity contribution in [3.05, 3.63) is 29.8 Å². The predicted octanol–water partition coefficient (Wildman–Crippen LogP) is -0.0629. The number of hydrogen-bond acceptors (Lipinski definition) is 5. The number of amidine groups is 1. The molecule has 0 aliphatic carbocycles. The van der Waals surface area contributed by atoms with Crippen molar-refractivity contribution in [2.45, 2.75) is 17.7 Å². The maximum Gasteiger partial charge on any atom is 0.263 e. The van der Waals surface area contributed by atoms with Crippen LogP contribution >= 0.6 is 0 Å². The van der Waals surface area contributed by atoms with Gasteiger partial charge in [-0.1, -0.05) is 12.1 Å². The molecule has 0 saturated carbocycles. The molecule has 2 aliphatic rings. The van der Waals surface area contributed by atoms with E-state index in [-0.39, 0.29) is 10.8 Å². The molecule has 1 fully saturated rings. The van der Waals surface area contributed by atoms with Gasteiger partial charge in [-0.15, -0.1) is 0 Å².